The minimum absolute atomic E-state index is 0.340. The van der Waals surface area contributed by atoms with E-state index in [-0.39, 0.29) is 0 Å². The first-order valence-corrected chi connectivity index (χ1v) is 3.42. The summed E-state index contributed by atoms with van der Waals surface area (Å²) in [6.07, 6.45) is 6.13. The Morgan fingerprint density at radius 2 is 2.17 bits per heavy atom. The first kappa shape index (κ1) is 7.26. The molecule has 0 bridgehead atoms. The molecule has 0 aliphatic heterocycles. The van der Waals surface area contributed by atoms with Gasteiger partial charge in [0.15, 0.2) is 5.65 Å². The summed E-state index contributed by atoms with van der Waals surface area (Å²) < 4.78 is 1.57. The zero-order chi connectivity index (χ0) is 8.55. The molecular formula is C6H6BN3O2. The number of fused-ring (bicyclic) bond motifs is 1. The van der Waals surface area contributed by atoms with Crippen LogP contribution in [-0.4, -0.2) is 31.5 Å². The van der Waals surface area contributed by atoms with Gasteiger partial charge < -0.3 is 14.4 Å². The minimum Gasteiger partial charge on any atom is -0.422 e. The second-order valence-electron chi connectivity index (χ2n) is 2.36. The van der Waals surface area contributed by atoms with Gasteiger partial charge in [-0.3, -0.25) is 4.98 Å². The van der Waals surface area contributed by atoms with Crippen LogP contribution in [0.3, 0.4) is 0 Å². The second kappa shape index (κ2) is 2.58. The summed E-state index contributed by atoms with van der Waals surface area (Å²) in [5.41, 5.74) is 0.938. The van der Waals surface area contributed by atoms with Crippen LogP contribution >= 0.6 is 0 Å². The van der Waals surface area contributed by atoms with Gasteiger partial charge in [0.25, 0.3) is 0 Å². The Hall–Kier alpha value is -1.40. The maximum atomic E-state index is 8.88. The molecule has 0 aliphatic carbocycles. The van der Waals surface area contributed by atoms with Crippen molar-refractivity contribution in [1.29, 1.82) is 0 Å². The molecule has 2 aromatic rings. The van der Waals surface area contributed by atoms with Gasteiger partial charge in [-0.2, -0.15) is 0 Å². The third-order valence-corrected chi connectivity index (χ3v) is 1.61. The van der Waals surface area contributed by atoms with E-state index in [1.807, 2.05) is 0 Å². The molecule has 12 heavy (non-hydrogen) atoms. The van der Waals surface area contributed by atoms with E-state index in [4.69, 9.17) is 10.0 Å². The van der Waals surface area contributed by atoms with Gasteiger partial charge in [0.1, 0.15) is 0 Å². The molecular weight excluding hydrogens is 157 g/mol. The first-order valence-electron chi connectivity index (χ1n) is 3.42. The number of hydrogen-bond donors (Lipinski definition) is 2. The molecule has 0 saturated heterocycles. The van der Waals surface area contributed by atoms with Crippen LogP contribution in [0.1, 0.15) is 0 Å². The lowest BCUT2D eigenvalue weighted by molar-refractivity contribution is 0.424. The molecule has 0 atom stereocenters. The molecule has 6 heteroatoms. The summed E-state index contributed by atoms with van der Waals surface area (Å²) >= 11 is 0. The summed E-state index contributed by atoms with van der Waals surface area (Å²) in [7, 11) is -1.50. The molecule has 0 radical (unpaired) electrons. The summed E-state index contributed by atoms with van der Waals surface area (Å²) in [6, 6.07) is 0. The molecule has 0 fully saturated rings. The lowest BCUT2D eigenvalue weighted by Crippen LogP contribution is -2.33. The van der Waals surface area contributed by atoms with Crippen molar-refractivity contribution in [2.75, 3.05) is 0 Å². The van der Waals surface area contributed by atoms with Crippen molar-refractivity contribution in [3.63, 3.8) is 0 Å². The van der Waals surface area contributed by atoms with Crippen molar-refractivity contribution in [2.24, 2.45) is 0 Å². The van der Waals surface area contributed by atoms with Gasteiger partial charge in [-0.25, -0.2) is 4.98 Å². The molecule has 0 amide bonds. The standard InChI is InChI=1S/C6H6BN3O2/c11-7(12)5-3-9-6-4-8-1-2-10(5)6/h1-4,11-12H. The van der Waals surface area contributed by atoms with Crippen LogP contribution in [0.4, 0.5) is 0 Å². The molecule has 2 heterocycles. The van der Waals surface area contributed by atoms with E-state index < -0.39 is 7.12 Å². The highest BCUT2D eigenvalue weighted by atomic mass is 16.4. The third kappa shape index (κ3) is 0.974. The zero-order valence-electron chi connectivity index (χ0n) is 6.12. The lowest BCUT2D eigenvalue weighted by atomic mass is 9.87. The Kier molecular flexibility index (Phi) is 1.56. The summed E-state index contributed by atoms with van der Waals surface area (Å²) in [4.78, 5) is 7.76. The van der Waals surface area contributed by atoms with Crippen LogP contribution < -0.4 is 5.59 Å². The van der Waals surface area contributed by atoms with Crippen LogP contribution in [0.15, 0.2) is 24.8 Å². The quantitative estimate of drug-likeness (QED) is 0.497. The fourth-order valence-corrected chi connectivity index (χ4v) is 1.05. The molecule has 60 valence electrons. The highest BCUT2D eigenvalue weighted by Crippen LogP contribution is 1.94. The zero-order valence-corrected chi connectivity index (χ0v) is 6.12. The van der Waals surface area contributed by atoms with E-state index in [1.165, 1.54) is 6.20 Å². The van der Waals surface area contributed by atoms with Crippen molar-refractivity contribution in [2.45, 2.75) is 0 Å². The topological polar surface area (TPSA) is 70.7 Å². The largest absolute Gasteiger partial charge is 0.508 e. The Morgan fingerprint density at radius 3 is 2.92 bits per heavy atom. The number of aromatic nitrogens is 3. The van der Waals surface area contributed by atoms with Gasteiger partial charge in [0, 0.05) is 18.6 Å². The number of imidazole rings is 1. The van der Waals surface area contributed by atoms with Gasteiger partial charge in [0.05, 0.1) is 11.8 Å². The lowest BCUT2D eigenvalue weighted by Gasteiger charge is -1.97. The fourth-order valence-electron chi connectivity index (χ4n) is 1.05. The SMILES string of the molecule is OB(O)c1cnc2cnccn12. The maximum Gasteiger partial charge on any atom is 0.508 e. The Labute approximate surface area is 68.5 Å². The molecule has 0 aliphatic rings. The van der Waals surface area contributed by atoms with Crippen LogP contribution in [-0.2, 0) is 0 Å². The summed E-state index contributed by atoms with van der Waals surface area (Å²) in [6.45, 7) is 0. The van der Waals surface area contributed by atoms with Crippen LogP contribution in [0.2, 0.25) is 0 Å². The van der Waals surface area contributed by atoms with E-state index in [2.05, 4.69) is 9.97 Å². The highest BCUT2D eigenvalue weighted by molar-refractivity contribution is 6.57. The van der Waals surface area contributed by atoms with E-state index >= 15 is 0 Å². The van der Waals surface area contributed by atoms with Gasteiger partial charge in [-0.05, 0) is 0 Å². The molecule has 2 N–H and O–H groups in total. The minimum atomic E-state index is -1.50. The van der Waals surface area contributed by atoms with Crippen LogP contribution in [0.5, 0.6) is 0 Å². The van der Waals surface area contributed by atoms with Crippen molar-refractivity contribution < 1.29 is 10.0 Å². The van der Waals surface area contributed by atoms with Gasteiger partial charge in [0.2, 0.25) is 0 Å². The molecule has 0 unspecified atom stereocenters. The Bertz CT molecular complexity index is 400. The highest BCUT2D eigenvalue weighted by Gasteiger charge is 2.15. The van der Waals surface area contributed by atoms with Crippen molar-refractivity contribution in [3.8, 4) is 0 Å². The number of hydrogen-bond acceptors (Lipinski definition) is 4. The van der Waals surface area contributed by atoms with E-state index in [0.717, 1.165) is 0 Å². The van der Waals surface area contributed by atoms with E-state index in [1.54, 1.807) is 23.0 Å². The van der Waals surface area contributed by atoms with Crippen molar-refractivity contribution in [1.82, 2.24) is 14.4 Å². The summed E-state index contributed by atoms with van der Waals surface area (Å²) in [5, 5.41) is 17.8. The van der Waals surface area contributed by atoms with Crippen molar-refractivity contribution in [3.05, 3.63) is 24.8 Å². The maximum absolute atomic E-state index is 8.88. The first-order chi connectivity index (χ1) is 5.79. The fraction of sp³-hybridized carbons (Fsp3) is 0. The monoisotopic (exact) mass is 163 g/mol. The number of rotatable bonds is 1. The number of nitrogens with zero attached hydrogens (tertiary/aromatic N) is 3. The van der Waals surface area contributed by atoms with Gasteiger partial charge in [-0.1, -0.05) is 0 Å². The van der Waals surface area contributed by atoms with Crippen LogP contribution in [0, 0.1) is 0 Å². The molecule has 0 saturated carbocycles. The van der Waals surface area contributed by atoms with Crippen molar-refractivity contribution >= 4 is 18.4 Å². The Balaban J connectivity index is 2.70. The molecule has 5 nitrogen and oxygen atoms in total. The molecule has 2 rings (SSSR count). The van der Waals surface area contributed by atoms with Gasteiger partial charge >= 0.3 is 7.12 Å². The summed E-state index contributed by atoms with van der Waals surface area (Å²) in [5.74, 6) is 0. The second-order valence-corrected chi connectivity index (χ2v) is 2.36. The van der Waals surface area contributed by atoms with Gasteiger partial charge in [-0.15, -0.1) is 0 Å². The predicted molar refractivity (Wildman–Crippen MR) is 42.8 cm³/mol. The smallest absolute Gasteiger partial charge is 0.422 e. The Morgan fingerprint density at radius 1 is 1.33 bits per heavy atom. The van der Waals surface area contributed by atoms with E-state index in [0.29, 0.717) is 11.2 Å². The normalized spacial score (nSPS) is 10.5. The molecule has 0 spiro atoms. The average Bonchev–Trinajstić information content (AvgIpc) is 2.47. The van der Waals surface area contributed by atoms with Crippen LogP contribution in [0.25, 0.3) is 5.65 Å². The average molecular weight is 163 g/mol. The third-order valence-electron chi connectivity index (χ3n) is 1.61. The molecule has 2 aromatic heterocycles. The predicted octanol–water partition coefficient (Wildman–Crippen LogP) is -1.59. The molecule has 0 aromatic carbocycles. The van der Waals surface area contributed by atoms with E-state index in [9.17, 15) is 0 Å².